The van der Waals surface area contributed by atoms with E-state index in [0.717, 1.165) is 24.9 Å². The van der Waals surface area contributed by atoms with Gasteiger partial charge in [-0.3, -0.25) is 0 Å². The number of ether oxygens (including phenoxy) is 1. The van der Waals surface area contributed by atoms with Gasteiger partial charge < -0.3 is 21.1 Å². The molecule has 2 aromatic rings. The minimum atomic E-state index is 0.0412. The zero-order valence-corrected chi connectivity index (χ0v) is 18.9. The molecule has 4 atom stereocenters. The van der Waals surface area contributed by atoms with Crippen LogP contribution in [0.5, 0.6) is 5.88 Å². The Labute approximate surface area is 190 Å². The van der Waals surface area contributed by atoms with Crippen LogP contribution < -0.4 is 21.1 Å². The molecule has 0 saturated heterocycles. The van der Waals surface area contributed by atoms with E-state index in [1.807, 2.05) is 26.0 Å². The second kappa shape index (κ2) is 10.1. The first kappa shape index (κ1) is 22.3. The van der Waals surface area contributed by atoms with Crippen LogP contribution in [0.2, 0.25) is 0 Å². The normalized spacial score (nSPS) is 24.6. The molecule has 8 heteroatoms. The third-order valence-electron chi connectivity index (χ3n) is 6.61. The molecular formula is C24H33N7O. The van der Waals surface area contributed by atoms with E-state index in [9.17, 15) is 5.26 Å². The Morgan fingerprint density at radius 2 is 2.00 bits per heavy atom. The molecule has 4 N–H and O–H groups in total. The van der Waals surface area contributed by atoms with Crippen molar-refractivity contribution in [1.29, 1.82) is 5.26 Å². The largest absolute Gasteiger partial charge is 0.475 e. The Kier molecular flexibility index (Phi) is 7.05. The summed E-state index contributed by atoms with van der Waals surface area (Å²) >= 11 is 0. The molecule has 170 valence electrons. The molecule has 2 unspecified atom stereocenters. The van der Waals surface area contributed by atoms with Crippen molar-refractivity contribution in [3.05, 3.63) is 35.7 Å². The Hall–Kier alpha value is -2.92. The molecule has 8 nitrogen and oxygen atoms in total. The van der Waals surface area contributed by atoms with Gasteiger partial charge in [0.05, 0.1) is 12.3 Å². The molecule has 0 amide bonds. The predicted molar refractivity (Wildman–Crippen MR) is 124 cm³/mol. The van der Waals surface area contributed by atoms with Gasteiger partial charge in [-0.15, -0.1) is 0 Å². The van der Waals surface area contributed by atoms with Crippen LogP contribution >= 0.6 is 0 Å². The van der Waals surface area contributed by atoms with E-state index in [2.05, 4.69) is 31.7 Å². The first-order valence-corrected chi connectivity index (χ1v) is 11.6. The van der Waals surface area contributed by atoms with Gasteiger partial charge in [-0.25, -0.2) is 9.97 Å². The van der Waals surface area contributed by atoms with E-state index in [0.29, 0.717) is 53.5 Å². The lowest BCUT2D eigenvalue weighted by Crippen LogP contribution is -2.47. The number of hydrogen-bond donors (Lipinski definition) is 3. The third kappa shape index (κ3) is 5.28. The summed E-state index contributed by atoms with van der Waals surface area (Å²) in [5.41, 5.74) is 7.81. The second-order valence-electron chi connectivity index (χ2n) is 9.30. The monoisotopic (exact) mass is 435 g/mol. The van der Waals surface area contributed by atoms with E-state index in [-0.39, 0.29) is 6.10 Å². The summed E-state index contributed by atoms with van der Waals surface area (Å²) in [7, 11) is 0. The molecule has 4 rings (SSSR count). The number of pyridine rings is 1. The lowest BCUT2D eigenvalue weighted by atomic mass is 9.65. The molecule has 2 aromatic heterocycles. The highest BCUT2D eigenvalue weighted by Crippen LogP contribution is 2.41. The molecular weight excluding hydrogens is 402 g/mol. The number of rotatable bonds is 8. The Morgan fingerprint density at radius 3 is 2.72 bits per heavy atom. The van der Waals surface area contributed by atoms with Crippen molar-refractivity contribution in [3.8, 4) is 11.9 Å². The standard InChI is InChI=1S/C24H33N7O/c1-15(2)32-23-19(7-4-8-27-23)13-29-24-30-14-20(11-25)22(31-24)28-12-16-9-17-5-3-6-18(10-16)21(17)26/h4,7-8,14-18,21H,3,5-6,9-10,12-13,26H2,1-2H3,(H2,28,29,30,31)/t16?,17-,18+,21?. The van der Waals surface area contributed by atoms with Crippen LogP contribution in [0.3, 0.4) is 0 Å². The third-order valence-corrected chi connectivity index (χ3v) is 6.61. The average molecular weight is 436 g/mol. The lowest BCUT2D eigenvalue weighted by molar-refractivity contribution is 0.112. The first-order valence-electron chi connectivity index (χ1n) is 11.6. The van der Waals surface area contributed by atoms with E-state index in [1.54, 1.807) is 12.4 Å². The van der Waals surface area contributed by atoms with Crippen molar-refractivity contribution < 1.29 is 4.74 Å². The maximum absolute atomic E-state index is 9.51. The number of nitrogens with one attached hydrogen (secondary N) is 2. The van der Waals surface area contributed by atoms with Gasteiger partial charge in [0, 0.05) is 30.9 Å². The van der Waals surface area contributed by atoms with E-state index in [1.165, 1.54) is 19.3 Å². The van der Waals surface area contributed by atoms with Crippen molar-refractivity contribution in [1.82, 2.24) is 15.0 Å². The average Bonchev–Trinajstić information content (AvgIpc) is 2.77. The summed E-state index contributed by atoms with van der Waals surface area (Å²) in [6.45, 7) is 5.23. The lowest BCUT2D eigenvalue weighted by Gasteiger charge is -2.44. The van der Waals surface area contributed by atoms with Gasteiger partial charge in [-0.05, 0) is 63.4 Å². The topological polar surface area (TPSA) is 122 Å². The van der Waals surface area contributed by atoms with Crippen LogP contribution in [-0.4, -0.2) is 33.6 Å². The minimum Gasteiger partial charge on any atom is -0.475 e. The number of aromatic nitrogens is 3. The number of anilines is 2. The van der Waals surface area contributed by atoms with E-state index >= 15 is 0 Å². The second-order valence-corrected chi connectivity index (χ2v) is 9.30. The van der Waals surface area contributed by atoms with Crippen LogP contribution in [0.15, 0.2) is 24.5 Å². The Morgan fingerprint density at radius 1 is 1.22 bits per heavy atom. The SMILES string of the molecule is CC(C)Oc1ncccc1CNc1ncc(C#N)c(NCC2C[C@H]3CCC[C@@H](C2)C3N)n1. The number of nitrogens with two attached hydrogens (primary N) is 1. The van der Waals surface area contributed by atoms with Gasteiger partial charge >= 0.3 is 0 Å². The minimum absolute atomic E-state index is 0.0412. The summed E-state index contributed by atoms with van der Waals surface area (Å²) in [5, 5.41) is 16.2. The van der Waals surface area contributed by atoms with Gasteiger partial charge in [0.1, 0.15) is 17.5 Å². The fourth-order valence-corrected chi connectivity index (χ4v) is 5.07. The number of nitrogens with zero attached hydrogens (tertiary/aromatic N) is 4. The van der Waals surface area contributed by atoms with E-state index < -0.39 is 0 Å². The summed E-state index contributed by atoms with van der Waals surface area (Å²) in [6, 6.07) is 6.40. The number of fused-ring (bicyclic) bond motifs is 2. The zero-order chi connectivity index (χ0) is 22.5. The van der Waals surface area contributed by atoms with E-state index in [4.69, 9.17) is 10.5 Å². The quantitative estimate of drug-likeness (QED) is 0.574. The highest BCUT2D eigenvalue weighted by molar-refractivity contribution is 5.53. The number of nitriles is 1. The highest BCUT2D eigenvalue weighted by atomic mass is 16.5. The molecule has 0 radical (unpaired) electrons. The molecule has 0 aromatic carbocycles. The maximum atomic E-state index is 9.51. The molecule has 2 fully saturated rings. The Balaban J connectivity index is 1.39. The van der Waals surface area contributed by atoms with Gasteiger partial charge in [-0.2, -0.15) is 10.2 Å². The van der Waals surface area contributed by atoms with Crippen LogP contribution in [0.1, 0.15) is 57.1 Å². The van der Waals surface area contributed by atoms with Crippen LogP contribution in [0, 0.1) is 29.1 Å². The van der Waals surface area contributed by atoms with Gasteiger partial charge in [0.25, 0.3) is 0 Å². The summed E-state index contributed by atoms with van der Waals surface area (Å²) < 4.78 is 5.78. The van der Waals surface area contributed by atoms with Gasteiger partial charge in [0.2, 0.25) is 11.8 Å². The van der Waals surface area contributed by atoms with Gasteiger partial charge in [0.15, 0.2) is 0 Å². The molecule has 2 aliphatic carbocycles. The summed E-state index contributed by atoms with van der Waals surface area (Å²) in [5.74, 6) is 3.48. The predicted octanol–water partition coefficient (Wildman–Crippen LogP) is 3.71. The molecule has 2 aliphatic rings. The molecule has 0 aliphatic heterocycles. The highest BCUT2D eigenvalue weighted by Gasteiger charge is 2.37. The first-order chi connectivity index (χ1) is 15.5. The van der Waals surface area contributed by atoms with Crippen molar-refractivity contribution in [2.45, 2.75) is 64.6 Å². The molecule has 2 heterocycles. The molecule has 32 heavy (non-hydrogen) atoms. The van der Waals surface area contributed by atoms with Crippen LogP contribution in [0.25, 0.3) is 0 Å². The number of hydrogen-bond acceptors (Lipinski definition) is 8. The maximum Gasteiger partial charge on any atom is 0.224 e. The zero-order valence-electron chi connectivity index (χ0n) is 18.9. The fourth-order valence-electron chi connectivity index (χ4n) is 5.07. The summed E-state index contributed by atoms with van der Waals surface area (Å²) in [4.78, 5) is 13.2. The molecule has 2 saturated carbocycles. The van der Waals surface area contributed by atoms with Crippen molar-refractivity contribution in [2.24, 2.45) is 23.5 Å². The van der Waals surface area contributed by atoms with Crippen molar-refractivity contribution in [3.63, 3.8) is 0 Å². The smallest absolute Gasteiger partial charge is 0.224 e. The van der Waals surface area contributed by atoms with Crippen LogP contribution in [-0.2, 0) is 6.54 Å². The van der Waals surface area contributed by atoms with Crippen molar-refractivity contribution in [2.75, 3.05) is 17.2 Å². The molecule has 2 bridgehead atoms. The van der Waals surface area contributed by atoms with Crippen molar-refractivity contribution >= 4 is 11.8 Å². The molecule has 0 spiro atoms. The summed E-state index contributed by atoms with van der Waals surface area (Å²) in [6.07, 6.45) is 9.44. The van der Waals surface area contributed by atoms with Gasteiger partial charge in [-0.1, -0.05) is 12.5 Å². The van der Waals surface area contributed by atoms with Crippen LogP contribution in [0.4, 0.5) is 11.8 Å². The Bertz CT molecular complexity index is 944. The fraction of sp³-hybridized carbons (Fsp3) is 0.583.